The van der Waals surface area contributed by atoms with Crippen molar-refractivity contribution in [2.75, 3.05) is 6.54 Å². The maximum Gasteiger partial charge on any atom is 0.322 e. The second kappa shape index (κ2) is 6.04. The average Bonchev–Trinajstić information content (AvgIpc) is 2.98. The summed E-state index contributed by atoms with van der Waals surface area (Å²) in [5, 5.41) is 8.46. The molecular weight excluding hydrogens is 304 g/mol. The van der Waals surface area contributed by atoms with Gasteiger partial charge < -0.3 is 10.6 Å². The molecule has 1 fully saturated rings. The molecule has 0 spiro atoms. The van der Waals surface area contributed by atoms with Crippen LogP contribution in [0.3, 0.4) is 0 Å². The van der Waals surface area contributed by atoms with Gasteiger partial charge in [-0.05, 0) is 26.2 Å². The van der Waals surface area contributed by atoms with Crippen molar-refractivity contribution in [3.63, 3.8) is 0 Å². The molecule has 2 aliphatic rings. The van der Waals surface area contributed by atoms with Crippen molar-refractivity contribution in [2.45, 2.75) is 44.6 Å². The Bertz CT molecular complexity index is 628. The summed E-state index contributed by atoms with van der Waals surface area (Å²) in [5.74, 6) is -0.443. The molecule has 0 saturated carbocycles. The van der Waals surface area contributed by atoms with Crippen molar-refractivity contribution in [1.82, 2.24) is 20.9 Å². The van der Waals surface area contributed by atoms with Gasteiger partial charge >= 0.3 is 6.03 Å². The largest absolute Gasteiger partial charge is 0.355 e. The SMILES string of the molecule is Cc1nc2c(s1)CCC[C@H]2CNC(=O)C[C@@H]1NC(=O)NC1=O. The van der Waals surface area contributed by atoms with Crippen LogP contribution in [0.2, 0.25) is 0 Å². The van der Waals surface area contributed by atoms with E-state index in [1.165, 1.54) is 4.88 Å². The van der Waals surface area contributed by atoms with Crippen molar-refractivity contribution >= 4 is 29.2 Å². The zero-order chi connectivity index (χ0) is 15.7. The Morgan fingerprint density at radius 2 is 2.27 bits per heavy atom. The number of imide groups is 1. The smallest absolute Gasteiger partial charge is 0.322 e. The molecule has 0 radical (unpaired) electrons. The number of hydrogen-bond donors (Lipinski definition) is 3. The maximum absolute atomic E-state index is 12.0. The number of carbonyl (C=O) groups is 3. The molecule has 2 heterocycles. The summed E-state index contributed by atoms with van der Waals surface area (Å²) in [6, 6.07) is -1.31. The Kier molecular flexibility index (Phi) is 4.10. The van der Waals surface area contributed by atoms with Crippen molar-refractivity contribution < 1.29 is 14.4 Å². The molecule has 22 heavy (non-hydrogen) atoms. The first-order valence-corrected chi connectivity index (χ1v) is 8.19. The molecule has 1 aromatic rings. The van der Waals surface area contributed by atoms with E-state index in [-0.39, 0.29) is 18.2 Å². The third kappa shape index (κ3) is 3.11. The Morgan fingerprint density at radius 1 is 1.45 bits per heavy atom. The lowest BCUT2D eigenvalue weighted by molar-refractivity contribution is -0.126. The molecule has 0 bridgehead atoms. The van der Waals surface area contributed by atoms with E-state index in [2.05, 4.69) is 20.9 Å². The fourth-order valence-electron chi connectivity index (χ4n) is 2.93. The highest BCUT2D eigenvalue weighted by Gasteiger charge is 2.31. The molecule has 3 rings (SSSR count). The first-order chi connectivity index (χ1) is 10.5. The summed E-state index contributed by atoms with van der Waals surface area (Å²) >= 11 is 1.73. The van der Waals surface area contributed by atoms with Crippen LogP contribution in [0.15, 0.2) is 0 Å². The molecule has 2 atom stereocenters. The van der Waals surface area contributed by atoms with Gasteiger partial charge in [-0.15, -0.1) is 11.3 Å². The second-order valence-corrected chi connectivity index (χ2v) is 6.94. The lowest BCUT2D eigenvalue weighted by Gasteiger charge is -2.21. The maximum atomic E-state index is 12.0. The summed E-state index contributed by atoms with van der Waals surface area (Å²) < 4.78 is 0. The molecule has 3 N–H and O–H groups in total. The molecule has 118 valence electrons. The van der Waals surface area contributed by atoms with Crippen molar-refractivity contribution in [2.24, 2.45) is 0 Å². The third-order valence-electron chi connectivity index (χ3n) is 3.97. The number of aromatic nitrogens is 1. The molecule has 0 aromatic carbocycles. The van der Waals surface area contributed by atoms with Crippen LogP contribution in [0.1, 0.15) is 40.8 Å². The van der Waals surface area contributed by atoms with E-state index in [9.17, 15) is 14.4 Å². The van der Waals surface area contributed by atoms with E-state index in [1.807, 2.05) is 6.92 Å². The normalized spacial score (nSPS) is 23.7. The predicted molar refractivity (Wildman–Crippen MR) is 80.6 cm³/mol. The molecule has 0 unspecified atom stereocenters. The number of carbonyl (C=O) groups excluding carboxylic acids is 3. The number of amides is 4. The quantitative estimate of drug-likeness (QED) is 0.706. The van der Waals surface area contributed by atoms with Gasteiger partial charge in [-0.1, -0.05) is 0 Å². The van der Waals surface area contributed by atoms with Crippen LogP contribution in [-0.4, -0.2) is 35.4 Å². The topological polar surface area (TPSA) is 100 Å². The number of thiazole rings is 1. The minimum atomic E-state index is -0.768. The van der Waals surface area contributed by atoms with Crippen LogP contribution >= 0.6 is 11.3 Å². The van der Waals surface area contributed by atoms with Crippen molar-refractivity contribution in [3.8, 4) is 0 Å². The van der Waals surface area contributed by atoms with E-state index >= 15 is 0 Å². The first-order valence-electron chi connectivity index (χ1n) is 7.37. The summed E-state index contributed by atoms with van der Waals surface area (Å²) in [7, 11) is 0. The van der Waals surface area contributed by atoms with Crippen molar-refractivity contribution in [1.29, 1.82) is 0 Å². The predicted octanol–water partition coefficient (Wildman–Crippen LogP) is 0.586. The minimum absolute atomic E-state index is 0.0345. The van der Waals surface area contributed by atoms with Gasteiger partial charge in [0.2, 0.25) is 5.91 Å². The average molecular weight is 322 g/mol. The number of fused-ring (bicyclic) bond motifs is 1. The highest BCUT2D eigenvalue weighted by molar-refractivity contribution is 7.11. The summed E-state index contributed by atoms with van der Waals surface area (Å²) in [5.41, 5.74) is 1.11. The van der Waals surface area contributed by atoms with Gasteiger partial charge in [0.05, 0.1) is 17.1 Å². The molecule has 4 amide bonds. The molecule has 1 saturated heterocycles. The van der Waals surface area contributed by atoms with Gasteiger partial charge in [0.25, 0.3) is 5.91 Å². The molecule has 1 aliphatic heterocycles. The Balaban J connectivity index is 1.54. The molecule has 1 aliphatic carbocycles. The third-order valence-corrected chi connectivity index (χ3v) is 5.02. The van der Waals surface area contributed by atoms with Gasteiger partial charge in [0, 0.05) is 17.3 Å². The molecule has 7 nitrogen and oxygen atoms in total. The summed E-state index contributed by atoms with van der Waals surface area (Å²) in [4.78, 5) is 40.3. The Labute approximate surface area is 131 Å². The number of hydrogen-bond acceptors (Lipinski definition) is 5. The van der Waals surface area contributed by atoms with E-state index in [0.29, 0.717) is 6.54 Å². The van der Waals surface area contributed by atoms with Crippen LogP contribution in [0.25, 0.3) is 0 Å². The van der Waals surface area contributed by atoms with Crippen LogP contribution in [0.4, 0.5) is 4.79 Å². The fourth-order valence-corrected chi connectivity index (χ4v) is 3.99. The fraction of sp³-hybridized carbons (Fsp3) is 0.571. The number of nitrogens with zero attached hydrogens (tertiary/aromatic N) is 1. The Morgan fingerprint density at radius 3 is 3.00 bits per heavy atom. The van der Waals surface area contributed by atoms with E-state index < -0.39 is 18.0 Å². The van der Waals surface area contributed by atoms with Crippen LogP contribution in [-0.2, 0) is 16.0 Å². The van der Waals surface area contributed by atoms with Crippen LogP contribution in [0.5, 0.6) is 0 Å². The van der Waals surface area contributed by atoms with E-state index in [0.717, 1.165) is 30.0 Å². The van der Waals surface area contributed by atoms with E-state index in [4.69, 9.17) is 0 Å². The minimum Gasteiger partial charge on any atom is -0.355 e. The number of aryl methyl sites for hydroxylation is 2. The molecular formula is C14H18N4O3S. The summed E-state index contributed by atoms with van der Waals surface area (Å²) in [6.07, 6.45) is 3.15. The van der Waals surface area contributed by atoms with E-state index in [1.54, 1.807) is 11.3 Å². The molecule has 8 heteroatoms. The highest BCUT2D eigenvalue weighted by atomic mass is 32.1. The van der Waals surface area contributed by atoms with Crippen molar-refractivity contribution in [3.05, 3.63) is 15.6 Å². The number of rotatable bonds is 4. The second-order valence-electron chi connectivity index (χ2n) is 5.65. The zero-order valence-corrected chi connectivity index (χ0v) is 13.1. The van der Waals surface area contributed by atoms with Gasteiger partial charge in [-0.2, -0.15) is 0 Å². The van der Waals surface area contributed by atoms with Gasteiger partial charge in [-0.3, -0.25) is 14.9 Å². The lowest BCUT2D eigenvalue weighted by atomic mass is 9.91. The lowest BCUT2D eigenvalue weighted by Crippen LogP contribution is -2.37. The number of urea groups is 1. The van der Waals surface area contributed by atoms with Crippen LogP contribution < -0.4 is 16.0 Å². The standard InChI is InChI=1S/C14H18N4O3S/c1-7-16-12-8(3-2-4-10(12)22-7)6-15-11(19)5-9-13(20)18-14(21)17-9/h8-9H,2-6H2,1H3,(H,15,19)(H2,17,18,20,21)/t8-,9-/m0/s1. The monoisotopic (exact) mass is 322 g/mol. The van der Waals surface area contributed by atoms with Crippen LogP contribution in [0, 0.1) is 6.92 Å². The summed E-state index contributed by atoms with van der Waals surface area (Å²) in [6.45, 7) is 2.53. The van der Waals surface area contributed by atoms with Gasteiger partial charge in [-0.25, -0.2) is 9.78 Å². The van der Waals surface area contributed by atoms with Gasteiger partial charge in [0.1, 0.15) is 6.04 Å². The first kappa shape index (κ1) is 15.0. The molecule has 1 aromatic heterocycles. The zero-order valence-electron chi connectivity index (χ0n) is 12.3. The van der Waals surface area contributed by atoms with Gasteiger partial charge in [0.15, 0.2) is 0 Å². The Hall–Kier alpha value is -1.96. The highest BCUT2D eigenvalue weighted by Crippen LogP contribution is 2.34. The number of nitrogens with one attached hydrogen (secondary N) is 3.